The van der Waals surface area contributed by atoms with E-state index in [1.165, 1.54) is 0 Å². The predicted molar refractivity (Wildman–Crippen MR) is 89.7 cm³/mol. The van der Waals surface area contributed by atoms with E-state index in [0.29, 0.717) is 0 Å². The molecule has 0 aliphatic rings. The molecule has 0 unspecified atom stereocenters. The molecule has 20 heavy (non-hydrogen) atoms. The molecule has 0 heterocycles. The zero-order chi connectivity index (χ0) is 14.2. The second kappa shape index (κ2) is 7.59. The third-order valence-electron chi connectivity index (χ3n) is 2.98. The van der Waals surface area contributed by atoms with Crippen LogP contribution in [-0.2, 0) is 12.8 Å². The summed E-state index contributed by atoms with van der Waals surface area (Å²) in [6.45, 7) is 0. The molecule has 0 spiro atoms. The number of thiocarbonyl (C=S) groups is 2. The Morgan fingerprint density at radius 2 is 1.10 bits per heavy atom. The van der Waals surface area contributed by atoms with E-state index < -0.39 is 0 Å². The quantitative estimate of drug-likeness (QED) is 0.576. The molecule has 0 saturated carbocycles. The molecule has 2 nitrogen and oxygen atoms in total. The van der Waals surface area contributed by atoms with E-state index in [4.69, 9.17) is 0 Å². The van der Waals surface area contributed by atoms with E-state index in [1.807, 2.05) is 36.4 Å². The standard InChI is InChI=1S/C16H12N2S2/c19-11-17-15-7-3-1-5-13(15)9-10-14-6-2-4-8-16(14)18-12-20/h1-8H,9-10H2. The first-order chi connectivity index (χ1) is 9.85. The molecule has 2 aromatic carbocycles. The topological polar surface area (TPSA) is 24.7 Å². The zero-order valence-corrected chi connectivity index (χ0v) is 12.4. The minimum absolute atomic E-state index is 0.862. The first-order valence-electron chi connectivity index (χ1n) is 6.16. The molecule has 2 rings (SSSR count). The number of hydrogen-bond acceptors (Lipinski definition) is 4. The summed E-state index contributed by atoms with van der Waals surface area (Å²) in [6, 6.07) is 15.9. The van der Waals surface area contributed by atoms with Gasteiger partial charge in [0.2, 0.25) is 0 Å². The molecule has 0 saturated heterocycles. The fourth-order valence-corrected chi connectivity index (χ4v) is 2.23. The van der Waals surface area contributed by atoms with Crippen LogP contribution in [0.3, 0.4) is 0 Å². The lowest BCUT2D eigenvalue weighted by atomic mass is 10.0. The minimum atomic E-state index is 0.862. The highest BCUT2D eigenvalue weighted by molar-refractivity contribution is 7.78. The Morgan fingerprint density at radius 3 is 1.50 bits per heavy atom. The van der Waals surface area contributed by atoms with Gasteiger partial charge in [0, 0.05) is 0 Å². The zero-order valence-electron chi connectivity index (χ0n) is 10.7. The number of para-hydroxylation sites is 2. The van der Waals surface area contributed by atoms with Crippen LogP contribution in [0.5, 0.6) is 0 Å². The van der Waals surface area contributed by atoms with Gasteiger partial charge in [0.25, 0.3) is 0 Å². The molecule has 0 fully saturated rings. The van der Waals surface area contributed by atoms with Crippen LogP contribution in [0, 0.1) is 0 Å². The third-order valence-corrected chi connectivity index (χ3v) is 3.16. The van der Waals surface area contributed by atoms with Gasteiger partial charge in [-0.05, 0) is 60.5 Å². The summed E-state index contributed by atoms with van der Waals surface area (Å²) in [6.07, 6.45) is 1.72. The molecular formula is C16H12N2S2. The average molecular weight is 296 g/mol. The second-order valence-corrected chi connectivity index (χ2v) is 4.53. The largest absolute Gasteiger partial charge is 0.194 e. The summed E-state index contributed by atoms with van der Waals surface area (Å²) in [7, 11) is 0. The molecule has 2 aromatic rings. The maximum Gasteiger partial charge on any atom is 0.0771 e. The van der Waals surface area contributed by atoms with E-state index >= 15 is 0 Å². The third kappa shape index (κ3) is 3.77. The number of benzene rings is 2. The number of aryl methyl sites for hydroxylation is 2. The summed E-state index contributed by atoms with van der Waals surface area (Å²) in [4.78, 5) is 8.18. The summed E-state index contributed by atoms with van der Waals surface area (Å²) < 4.78 is 0. The first-order valence-corrected chi connectivity index (χ1v) is 6.98. The van der Waals surface area contributed by atoms with Gasteiger partial charge in [-0.25, -0.2) is 0 Å². The summed E-state index contributed by atoms with van der Waals surface area (Å²) >= 11 is 9.35. The molecule has 0 aliphatic heterocycles. The Morgan fingerprint density at radius 1 is 0.700 bits per heavy atom. The summed E-state index contributed by atoms with van der Waals surface area (Å²) in [5.41, 5.74) is 4.04. The van der Waals surface area contributed by atoms with E-state index in [0.717, 1.165) is 35.3 Å². The van der Waals surface area contributed by atoms with Crippen molar-refractivity contribution < 1.29 is 0 Å². The van der Waals surface area contributed by atoms with Crippen LogP contribution < -0.4 is 0 Å². The molecule has 0 atom stereocenters. The lowest BCUT2D eigenvalue weighted by Crippen LogP contribution is -1.92. The average Bonchev–Trinajstić information content (AvgIpc) is 2.48. The molecule has 0 aromatic heterocycles. The van der Waals surface area contributed by atoms with E-state index in [1.54, 1.807) is 0 Å². The number of rotatable bonds is 5. The highest BCUT2D eigenvalue weighted by Gasteiger charge is 2.04. The Bertz CT molecular complexity index is 636. The van der Waals surface area contributed by atoms with E-state index in [9.17, 15) is 0 Å². The van der Waals surface area contributed by atoms with Crippen LogP contribution in [0.4, 0.5) is 11.4 Å². The van der Waals surface area contributed by atoms with Crippen LogP contribution in [0.15, 0.2) is 58.5 Å². The Balaban J connectivity index is 2.21. The van der Waals surface area contributed by atoms with Crippen molar-refractivity contribution in [1.29, 1.82) is 0 Å². The van der Waals surface area contributed by atoms with Gasteiger partial charge < -0.3 is 0 Å². The maximum atomic E-state index is 4.68. The SMILES string of the molecule is S=C=Nc1ccccc1CCc1ccccc1N=C=S. The van der Waals surface area contributed by atoms with Crippen molar-refractivity contribution in [2.75, 3.05) is 0 Å². The number of hydrogen-bond donors (Lipinski definition) is 0. The van der Waals surface area contributed by atoms with Gasteiger partial charge in [-0.3, -0.25) is 0 Å². The molecule has 0 aliphatic carbocycles. The van der Waals surface area contributed by atoms with Crippen LogP contribution in [0.1, 0.15) is 11.1 Å². The van der Waals surface area contributed by atoms with Gasteiger partial charge in [0.1, 0.15) is 0 Å². The number of isothiocyanates is 2. The highest BCUT2D eigenvalue weighted by Crippen LogP contribution is 2.23. The minimum Gasteiger partial charge on any atom is -0.194 e. The van der Waals surface area contributed by atoms with E-state index in [2.05, 4.69) is 56.9 Å². The lowest BCUT2D eigenvalue weighted by molar-refractivity contribution is 0.959. The van der Waals surface area contributed by atoms with Crippen molar-refractivity contribution in [2.45, 2.75) is 12.8 Å². The molecule has 98 valence electrons. The van der Waals surface area contributed by atoms with Gasteiger partial charge >= 0.3 is 0 Å². The predicted octanol–water partition coefficient (Wildman–Crippen LogP) is 4.94. The molecule has 4 heteroatoms. The van der Waals surface area contributed by atoms with Crippen LogP contribution in [0.2, 0.25) is 0 Å². The van der Waals surface area contributed by atoms with Gasteiger partial charge in [-0.2, -0.15) is 9.98 Å². The van der Waals surface area contributed by atoms with Crippen molar-refractivity contribution in [1.82, 2.24) is 0 Å². The summed E-state index contributed by atoms with van der Waals surface area (Å²) in [5, 5.41) is 4.84. The number of aliphatic imine (C=N–C) groups is 2. The summed E-state index contributed by atoms with van der Waals surface area (Å²) in [5.74, 6) is 0. The lowest BCUT2D eigenvalue weighted by Gasteiger charge is -2.06. The fraction of sp³-hybridized carbons (Fsp3) is 0.125. The molecule has 0 amide bonds. The molecule has 0 radical (unpaired) electrons. The second-order valence-electron chi connectivity index (χ2n) is 4.16. The van der Waals surface area contributed by atoms with Crippen molar-refractivity contribution in [3.63, 3.8) is 0 Å². The molecule has 0 N–H and O–H groups in total. The highest BCUT2D eigenvalue weighted by atomic mass is 32.1. The molecular weight excluding hydrogens is 284 g/mol. The Labute approximate surface area is 128 Å². The van der Waals surface area contributed by atoms with Gasteiger partial charge in [-0.15, -0.1) is 0 Å². The normalized spacial score (nSPS) is 9.40. The van der Waals surface area contributed by atoms with Crippen LogP contribution in [-0.4, -0.2) is 10.3 Å². The maximum absolute atomic E-state index is 4.68. The monoisotopic (exact) mass is 296 g/mol. The Hall–Kier alpha value is -1.96. The van der Waals surface area contributed by atoms with Crippen molar-refractivity contribution >= 4 is 46.1 Å². The van der Waals surface area contributed by atoms with E-state index in [-0.39, 0.29) is 0 Å². The van der Waals surface area contributed by atoms with Gasteiger partial charge in [0.05, 0.1) is 21.7 Å². The fourth-order valence-electron chi connectivity index (χ4n) is 2.03. The van der Waals surface area contributed by atoms with Crippen molar-refractivity contribution in [2.24, 2.45) is 9.98 Å². The van der Waals surface area contributed by atoms with Crippen LogP contribution in [0.25, 0.3) is 0 Å². The number of nitrogens with zero attached hydrogens (tertiary/aromatic N) is 2. The van der Waals surface area contributed by atoms with Gasteiger partial charge in [0.15, 0.2) is 0 Å². The van der Waals surface area contributed by atoms with Crippen molar-refractivity contribution in [3.05, 3.63) is 59.7 Å². The van der Waals surface area contributed by atoms with Crippen molar-refractivity contribution in [3.8, 4) is 0 Å². The smallest absolute Gasteiger partial charge is 0.0771 e. The van der Waals surface area contributed by atoms with Crippen LogP contribution >= 0.6 is 24.4 Å². The Kier molecular flexibility index (Phi) is 5.48. The first kappa shape index (κ1) is 14.4. The van der Waals surface area contributed by atoms with Gasteiger partial charge in [-0.1, -0.05) is 36.4 Å². The molecule has 0 bridgehead atoms.